The molecule has 0 saturated heterocycles. The second-order valence-electron chi connectivity index (χ2n) is 3.08. The fourth-order valence-corrected chi connectivity index (χ4v) is 2.08. The minimum Gasteiger partial charge on any atom is -0.481 e. The summed E-state index contributed by atoms with van der Waals surface area (Å²) < 4.78 is 41.7. The van der Waals surface area contributed by atoms with Crippen LogP contribution in [-0.4, -0.2) is 23.0 Å². The number of halogens is 3. The number of carbonyl (C=O) groups is 1. The average molecular weight is 254 g/mol. The van der Waals surface area contributed by atoms with Crippen molar-refractivity contribution in [2.75, 3.05) is 5.75 Å². The van der Waals surface area contributed by atoms with Crippen LogP contribution in [0.3, 0.4) is 0 Å². The predicted molar refractivity (Wildman–Crippen MR) is 51.3 cm³/mol. The Hall–Kier alpha value is -1.11. The van der Waals surface area contributed by atoms with Crippen LogP contribution in [0.25, 0.3) is 0 Å². The van der Waals surface area contributed by atoms with Crippen LogP contribution in [0.5, 0.6) is 0 Å². The molecule has 1 N–H and O–H groups in total. The molecule has 1 aromatic heterocycles. The van der Waals surface area contributed by atoms with Gasteiger partial charge in [-0.15, -0.1) is 11.8 Å². The third-order valence-electron chi connectivity index (χ3n) is 1.91. The predicted octanol–water partition coefficient (Wildman–Crippen LogP) is 2.94. The van der Waals surface area contributed by atoms with Crippen LogP contribution in [0, 0.1) is 12.8 Å². The Morgan fingerprint density at radius 3 is 2.62 bits per heavy atom. The second-order valence-corrected chi connectivity index (χ2v) is 4.15. The fourth-order valence-electron chi connectivity index (χ4n) is 1.00. The normalized spacial score (nSPS) is 13.8. The maximum absolute atomic E-state index is 12.3. The molecule has 3 nitrogen and oxygen atoms in total. The lowest BCUT2D eigenvalue weighted by Gasteiger charge is -2.14. The Labute approximate surface area is 93.6 Å². The summed E-state index contributed by atoms with van der Waals surface area (Å²) in [5.41, 5.74) is 0. The Morgan fingerprint density at radius 1 is 1.62 bits per heavy atom. The largest absolute Gasteiger partial charge is 0.481 e. The van der Waals surface area contributed by atoms with E-state index in [1.807, 2.05) is 0 Å². The van der Waals surface area contributed by atoms with Crippen LogP contribution in [-0.2, 0) is 4.79 Å². The molecule has 0 radical (unpaired) electrons. The van der Waals surface area contributed by atoms with Crippen LogP contribution in [0.15, 0.2) is 21.6 Å². The number of aryl methyl sites for hydroxylation is 1. The van der Waals surface area contributed by atoms with Crippen molar-refractivity contribution >= 4 is 17.7 Å². The molecule has 7 heteroatoms. The molecule has 0 aliphatic rings. The van der Waals surface area contributed by atoms with E-state index in [1.54, 1.807) is 6.92 Å². The molecule has 90 valence electrons. The maximum atomic E-state index is 12.3. The van der Waals surface area contributed by atoms with E-state index in [2.05, 4.69) is 0 Å². The summed E-state index contributed by atoms with van der Waals surface area (Å²) in [5, 5.41) is 8.45. The van der Waals surface area contributed by atoms with E-state index in [0.717, 1.165) is 11.8 Å². The van der Waals surface area contributed by atoms with Crippen LogP contribution in [0.1, 0.15) is 5.76 Å². The van der Waals surface area contributed by atoms with Crippen molar-refractivity contribution in [3.8, 4) is 0 Å². The van der Waals surface area contributed by atoms with Gasteiger partial charge in [0, 0.05) is 10.6 Å². The van der Waals surface area contributed by atoms with Crippen molar-refractivity contribution < 1.29 is 27.5 Å². The van der Waals surface area contributed by atoms with Crippen LogP contribution in [0.4, 0.5) is 13.2 Å². The van der Waals surface area contributed by atoms with Crippen molar-refractivity contribution in [2.24, 2.45) is 5.92 Å². The molecule has 16 heavy (non-hydrogen) atoms. The van der Waals surface area contributed by atoms with Gasteiger partial charge in [-0.25, -0.2) is 0 Å². The molecule has 1 atom stereocenters. The number of hydrogen-bond acceptors (Lipinski definition) is 3. The van der Waals surface area contributed by atoms with Gasteiger partial charge in [0.1, 0.15) is 5.76 Å². The molecule has 1 heterocycles. The summed E-state index contributed by atoms with van der Waals surface area (Å²) in [6.45, 7) is 1.60. The summed E-state index contributed by atoms with van der Waals surface area (Å²) in [4.78, 5) is 11.0. The zero-order chi connectivity index (χ0) is 12.3. The lowest BCUT2D eigenvalue weighted by Crippen LogP contribution is -2.32. The second kappa shape index (κ2) is 4.82. The Balaban J connectivity index is 2.65. The highest BCUT2D eigenvalue weighted by Crippen LogP contribution is 2.33. The highest BCUT2D eigenvalue weighted by atomic mass is 32.2. The minimum atomic E-state index is -4.73. The Morgan fingerprint density at radius 2 is 2.25 bits per heavy atom. The molecule has 1 aromatic rings. The van der Waals surface area contributed by atoms with Crippen molar-refractivity contribution in [1.29, 1.82) is 0 Å². The van der Waals surface area contributed by atoms with E-state index < -0.39 is 23.8 Å². The first-order chi connectivity index (χ1) is 7.32. The summed E-state index contributed by atoms with van der Waals surface area (Å²) in [6.07, 6.45) is -3.38. The van der Waals surface area contributed by atoms with Gasteiger partial charge < -0.3 is 9.52 Å². The van der Waals surface area contributed by atoms with Gasteiger partial charge in [-0.2, -0.15) is 13.2 Å². The SMILES string of the molecule is Cc1occc1SCC(C(=O)O)C(F)(F)F. The maximum Gasteiger partial charge on any atom is 0.403 e. The number of carboxylic acids is 1. The molecule has 0 amide bonds. The topological polar surface area (TPSA) is 50.4 Å². The summed E-state index contributed by atoms with van der Waals surface area (Å²) in [6, 6.07) is 1.51. The first-order valence-electron chi connectivity index (χ1n) is 4.28. The van der Waals surface area contributed by atoms with Gasteiger partial charge in [0.25, 0.3) is 0 Å². The zero-order valence-corrected chi connectivity index (χ0v) is 9.06. The highest BCUT2D eigenvalue weighted by molar-refractivity contribution is 7.99. The van der Waals surface area contributed by atoms with Crippen molar-refractivity contribution in [3.05, 3.63) is 18.1 Å². The summed E-state index contributed by atoms with van der Waals surface area (Å²) in [7, 11) is 0. The van der Waals surface area contributed by atoms with Gasteiger partial charge in [-0.1, -0.05) is 0 Å². The van der Waals surface area contributed by atoms with Gasteiger partial charge in [-0.3, -0.25) is 4.79 Å². The van der Waals surface area contributed by atoms with E-state index >= 15 is 0 Å². The van der Waals surface area contributed by atoms with Gasteiger partial charge in [0.05, 0.1) is 6.26 Å². The lowest BCUT2D eigenvalue weighted by molar-refractivity contribution is -0.188. The van der Waals surface area contributed by atoms with Crippen LogP contribution in [0.2, 0.25) is 0 Å². The molecular weight excluding hydrogens is 245 g/mol. The third-order valence-corrected chi connectivity index (χ3v) is 3.14. The number of thioether (sulfide) groups is 1. The lowest BCUT2D eigenvalue weighted by atomic mass is 10.2. The Bertz CT molecular complexity index is 372. The van der Waals surface area contributed by atoms with E-state index in [4.69, 9.17) is 9.52 Å². The van der Waals surface area contributed by atoms with Crippen molar-refractivity contribution in [3.63, 3.8) is 0 Å². The van der Waals surface area contributed by atoms with E-state index in [9.17, 15) is 18.0 Å². The molecule has 0 fully saturated rings. The summed E-state index contributed by atoms with van der Waals surface area (Å²) >= 11 is 0.822. The number of carboxylic acid groups (broad SMARTS) is 1. The van der Waals surface area contributed by atoms with Gasteiger partial charge >= 0.3 is 12.1 Å². The smallest absolute Gasteiger partial charge is 0.403 e. The molecule has 0 spiro atoms. The standard InChI is InChI=1S/C9H9F3O3S/c1-5-7(2-3-15-5)16-4-6(8(13)14)9(10,11)12/h2-3,6H,4H2,1H3,(H,13,14). The van der Waals surface area contributed by atoms with E-state index in [1.165, 1.54) is 12.3 Å². The molecule has 1 unspecified atom stereocenters. The number of rotatable bonds is 4. The van der Waals surface area contributed by atoms with Crippen molar-refractivity contribution in [2.45, 2.75) is 18.0 Å². The monoisotopic (exact) mass is 254 g/mol. The van der Waals surface area contributed by atoms with Crippen LogP contribution < -0.4 is 0 Å². The molecule has 1 rings (SSSR count). The highest BCUT2D eigenvalue weighted by Gasteiger charge is 2.44. The zero-order valence-electron chi connectivity index (χ0n) is 8.25. The molecule has 0 aromatic carbocycles. The van der Waals surface area contributed by atoms with Gasteiger partial charge in [0.2, 0.25) is 0 Å². The average Bonchev–Trinajstić information content (AvgIpc) is 2.49. The van der Waals surface area contributed by atoms with E-state index in [-0.39, 0.29) is 0 Å². The summed E-state index contributed by atoms with van der Waals surface area (Å²) in [5.74, 6) is -4.29. The van der Waals surface area contributed by atoms with Crippen molar-refractivity contribution in [1.82, 2.24) is 0 Å². The first kappa shape index (κ1) is 13.0. The van der Waals surface area contributed by atoms with E-state index in [0.29, 0.717) is 10.7 Å². The third kappa shape index (κ3) is 3.19. The number of alkyl halides is 3. The Kier molecular flexibility index (Phi) is 3.90. The first-order valence-corrected chi connectivity index (χ1v) is 5.27. The number of hydrogen-bond donors (Lipinski definition) is 1. The molecule has 0 bridgehead atoms. The quantitative estimate of drug-likeness (QED) is 0.839. The molecule has 0 aliphatic carbocycles. The molecule has 0 aliphatic heterocycles. The minimum absolute atomic E-state index is 0.483. The number of furan rings is 1. The molecular formula is C9H9F3O3S. The molecule has 0 saturated carbocycles. The number of aliphatic carboxylic acids is 1. The fraction of sp³-hybridized carbons (Fsp3) is 0.444. The van der Waals surface area contributed by atoms with Gasteiger partial charge in [-0.05, 0) is 13.0 Å². The van der Waals surface area contributed by atoms with Crippen LogP contribution >= 0.6 is 11.8 Å². The van der Waals surface area contributed by atoms with Gasteiger partial charge in [0.15, 0.2) is 5.92 Å².